The Kier molecular flexibility index (Phi) is 5.59. The van der Waals surface area contributed by atoms with E-state index in [0.717, 1.165) is 0 Å². The molecule has 0 aliphatic rings. The van der Waals surface area contributed by atoms with Gasteiger partial charge in [0.25, 0.3) is 5.88 Å². The Morgan fingerprint density at radius 3 is 2.94 bits per heavy atom. The highest BCUT2D eigenvalue weighted by Crippen LogP contribution is 2.22. The molecule has 0 saturated heterocycles. The molecule has 1 amide bonds. The number of pyridine rings is 1. The van der Waals surface area contributed by atoms with Gasteiger partial charge in [0.05, 0.1) is 13.2 Å². The van der Waals surface area contributed by atoms with Crippen molar-refractivity contribution in [3.63, 3.8) is 0 Å². The lowest BCUT2D eigenvalue weighted by Crippen LogP contribution is -2.26. The van der Waals surface area contributed by atoms with E-state index in [0.29, 0.717) is 5.75 Å². The molecular weight excluding hydrogens is 228 g/mol. The predicted octanol–water partition coefficient (Wildman–Crippen LogP) is 0.0991. The summed E-state index contributed by atoms with van der Waals surface area (Å²) in [4.78, 5) is 14.1. The number of aliphatic hydroxyl groups is 1. The molecule has 1 aromatic rings. The molecule has 1 aromatic heterocycles. The third-order valence-electron chi connectivity index (χ3n) is 1.70. The van der Waals surface area contributed by atoms with Crippen LogP contribution in [-0.4, -0.2) is 47.7 Å². The van der Waals surface area contributed by atoms with E-state index in [1.807, 2.05) is 0 Å². The zero-order chi connectivity index (χ0) is 12.5. The molecule has 0 saturated carbocycles. The van der Waals surface area contributed by atoms with Gasteiger partial charge in [0.1, 0.15) is 13.2 Å². The average molecular weight is 242 g/mol. The number of nitrogens with one attached hydrogen (secondary N) is 1. The van der Waals surface area contributed by atoms with Gasteiger partial charge in [-0.3, -0.25) is 0 Å². The standard InChI is InChI=1S/C10H14N2O5/c13-5-7-16-8-2-1-3-11-9(8)17-6-4-12-10(14)15/h1-3,12-13H,4-7H2,(H,14,15). The van der Waals surface area contributed by atoms with Gasteiger partial charge in [-0.2, -0.15) is 0 Å². The van der Waals surface area contributed by atoms with Gasteiger partial charge in [0, 0.05) is 6.20 Å². The number of carbonyl (C=O) groups is 1. The average Bonchev–Trinajstić information content (AvgIpc) is 2.33. The molecule has 0 radical (unpaired) electrons. The number of hydrogen-bond donors (Lipinski definition) is 3. The molecule has 1 rings (SSSR count). The number of nitrogens with zero attached hydrogens (tertiary/aromatic N) is 1. The number of aliphatic hydroxyl groups excluding tert-OH is 1. The molecule has 3 N–H and O–H groups in total. The van der Waals surface area contributed by atoms with Crippen LogP contribution in [0, 0.1) is 0 Å². The van der Waals surface area contributed by atoms with E-state index in [1.54, 1.807) is 12.1 Å². The molecule has 0 atom stereocenters. The zero-order valence-corrected chi connectivity index (χ0v) is 9.13. The Labute approximate surface area is 98.0 Å². The van der Waals surface area contributed by atoms with E-state index in [9.17, 15) is 4.79 Å². The fraction of sp³-hybridized carbons (Fsp3) is 0.400. The maximum Gasteiger partial charge on any atom is 0.404 e. The molecule has 17 heavy (non-hydrogen) atoms. The largest absolute Gasteiger partial charge is 0.486 e. The highest BCUT2D eigenvalue weighted by atomic mass is 16.5. The molecule has 1 heterocycles. The Hall–Kier alpha value is -2.02. The molecule has 0 aliphatic carbocycles. The van der Waals surface area contributed by atoms with Crippen molar-refractivity contribution < 1.29 is 24.5 Å². The summed E-state index contributed by atoms with van der Waals surface area (Å²) in [5.41, 5.74) is 0. The van der Waals surface area contributed by atoms with Crippen molar-refractivity contribution in [1.82, 2.24) is 10.3 Å². The van der Waals surface area contributed by atoms with Gasteiger partial charge in [0.15, 0.2) is 5.75 Å². The monoisotopic (exact) mass is 242 g/mol. The number of ether oxygens (including phenoxy) is 2. The molecule has 0 spiro atoms. The molecule has 0 unspecified atom stereocenters. The van der Waals surface area contributed by atoms with E-state index < -0.39 is 6.09 Å². The first-order chi connectivity index (χ1) is 8.24. The fourth-order valence-corrected chi connectivity index (χ4v) is 1.06. The molecule has 0 fully saturated rings. The number of rotatable bonds is 7. The molecule has 0 aliphatic heterocycles. The second-order valence-corrected chi connectivity index (χ2v) is 2.96. The topological polar surface area (TPSA) is 101 Å². The van der Waals surface area contributed by atoms with E-state index in [2.05, 4.69) is 10.3 Å². The smallest absolute Gasteiger partial charge is 0.404 e. The van der Waals surface area contributed by atoms with Crippen LogP contribution in [0.1, 0.15) is 0 Å². The van der Waals surface area contributed by atoms with Crippen molar-refractivity contribution in [2.75, 3.05) is 26.4 Å². The zero-order valence-electron chi connectivity index (χ0n) is 9.13. The van der Waals surface area contributed by atoms with Crippen LogP contribution in [0.3, 0.4) is 0 Å². The molecule has 0 aromatic carbocycles. The first-order valence-corrected chi connectivity index (χ1v) is 5.02. The number of aromatic nitrogens is 1. The normalized spacial score (nSPS) is 9.71. The minimum Gasteiger partial charge on any atom is -0.486 e. The second kappa shape index (κ2) is 7.29. The van der Waals surface area contributed by atoms with Gasteiger partial charge in [-0.1, -0.05) is 0 Å². The van der Waals surface area contributed by atoms with Crippen molar-refractivity contribution in [2.45, 2.75) is 0 Å². The van der Waals surface area contributed by atoms with Gasteiger partial charge in [0.2, 0.25) is 0 Å². The van der Waals surface area contributed by atoms with Gasteiger partial charge < -0.3 is 25.0 Å². The first kappa shape index (κ1) is 13.0. The maximum absolute atomic E-state index is 10.2. The minimum absolute atomic E-state index is 0.102. The summed E-state index contributed by atoms with van der Waals surface area (Å²) >= 11 is 0. The van der Waals surface area contributed by atoms with Crippen molar-refractivity contribution >= 4 is 6.09 Å². The van der Waals surface area contributed by atoms with Gasteiger partial charge in [-0.25, -0.2) is 9.78 Å². The summed E-state index contributed by atoms with van der Waals surface area (Å²) in [6.45, 7) is 0.356. The Balaban J connectivity index is 2.43. The molecule has 7 nitrogen and oxygen atoms in total. The number of hydrogen-bond acceptors (Lipinski definition) is 5. The van der Waals surface area contributed by atoms with Crippen LogP contribution in [0.15, 0.2) is 18.3 Å². The lowest BCUT2D eigenvalue weighted by atomic mass is 10.4. The Morgan fingerprint density at radius 1 is 1.41 bits per heavy atom. The van der Waals surface area contributed by atoms with Crippen molar-refractivity contribution in [2.24, 2.45) is 0 Å². The van der Waals surface area contributed by atoms with Crippen LogP contribution in [0.5, 0.6) is 11.6 Å². The third-order valence-corrected chi connectivity index (χ3v) is 1.70. The third kappa shape index (κ3) is 5.03. The quantitative estimate of drug-likeness (QED) is 0.586. The molecule has 7 heteroatoms. The van der Waals surface area contributed by atoms with E-state index in [-0.39, 0.29) is 32.2 Å². The first-order valence-electron chi connectivity index (χ1n) is 5.02. The Morgan fingerprint density at radius 2 is 2.24 bits per heavy atom. The molecular formula is C10H14N2O5. The highest BCUT2D eigenvalue weighted by molar-refractivity contribution is 5.64. The van der Waals surface area contributed by atoms with Crippen LogP contribution in [0.25, 0.3) is 0 Å². The van der Waals surface area contributed by atoms with E-state index >= 15 is 0 Å². The van der Waals surface area contributed by atoms with Crippen LogP contribution < -0.4 is 14.8 Å². The van der Waals surface area contributed by atoms with Crippen LogP contribution in [-0.2, 0) is 0 Å². The summed E-state index contributed by atoms with van der Waals surface area (Å²) in [6, 6.07) is 3.33. The lowest BCUT2D eigenvalue weighted by molar-refractivity contribution is 0.185. The summed E-state index contributed by atoms with van der Waals surface area (Å²) in [5, 5.41) is 19.1. The van der Waals surface area contributed by atoms with Crippen molar-refractivity contribution in [1.29, 1.82) is 0 Å². The Bertz CT molecular complexity index is 358. The lowest BCUT2D eigenvalue weighted by Gasteiger charge is -2.10. The molecule has 0 bridgehead atoms. The maximum atomic E-state index is 10.2. The summed E-state index contributed by atoms with van der Waals surface area (Å²) < 4.78 is 10.4. The second-order valence-electron chi connectivity index (χ2n) is 2.96. The van der Waals surface area contributed by atoms with Gasteiger partial charge in [-0.15, -0.1) is 0 Å². The van der Waals surface area contributed by atoms with Gasteiger partial charge >= 0.3 is 6.09 Å². The summed E-state index contributed by atoms with van der Waals surface area (Å²) in [5.74, 6) is 0.685. The number of amides is 1. The summed E-state index contributed by atoms with van der Waals surface area (Å²) in [6.07, 6.45) is 0.428. The highest BCUT2D eigenvalue weighted by Gasteiger charge is 2.05. The predicted molar refractivity (Wildman–Crippen MR) is 58.3 cm³/mol. The van der Waals surface area contributed by atoms with Crippen LogP contribution >= 0.6 is 0 Å². The summed E-state index contributed by atoms with van der Waals surface area (Å²) in [7, 11) is 0. The van der Waals surface area contributed by atoms with Crippen molar-refractivity contribution in [3.05, 3.63) is 18.3 Å². The van der Waals surface area contributed by atoms with E-state index in [4.69, 9.17) is 19.7 Å². The van der Waals surface area contributed by atoms with Crippen LogP contribution in [0.2, 0.25) is 0 Å². The number of carboxylic acid groups (broad SMARTS) is 1. The van der Waals surface area contributed by atoms with Crippen LogP contribution in [0.4, 0.5) is 4.79 Å². The van der Waals surface area contributed by atoms with Crippen molar-refractivity contribution in [3.8, 4) is 11.6 Å². The fourth-order valence-electron chi connectivity index (χ4n) is 1.06. The SMILES string of the molecule is O=C(O)NCCOc1ncccc1OCCO. The minimum atomic E-state index is -1.11. The van der Waals surface area contributed by atoms with Gasteiger partial charge in [-0.05, 0) is 12.1 Å². The van der Waals surface area contributed by atoms with E-state index in [1.165, 1.54) is 6.20 Å². The molecule has 94 valence electrons.